The smallest absolute Gasteiger partial charge is 0.290 e. The summed E-state index contributed by atoms with van der Waals surface area (Å²) >= 11 is 0. The molecule has 1 N–H and O–H groups in total. The summed E-state index contributed by atoms with van der Waals surface area (Å²) < 4.78 is 0. The van der Waals surface area contributed by atoms with Crippen molar-refractivity contribution in [1.29, 1.82) is 0 Å². The van der Waals surface area contributed by atoms with E-state index in [1.54, 1.807) is 24.0 Å². The van der Waals surface area contributed by atoms with Crippen LogP contribution in [0.15, 0.2) is 24.9 Å². The van der Waals surface area contributed by atoms with Crippen LogP contribution in [0, 0.1) is 17.0 Å². The van der Waals surface area contributed by atoms with Crippen LogP contribution in [-0.4, -0.2) is 34.7 Å². The maximum absolute atomic E-state index is 10.7. The first kappa shape index (κ1) is 13.1. The molecule has 0 atom stereocenters. The lowest BCUT2D eigenvalue weighted by Crippen LogP contribution is -2.27. The molecule has 0 fully saturated rings. The summed E-state index contributed by atoms with van der Waals surface area (Å²) in [6.07, 6.45) is 2.92. The van der Waals surface area contributed by atoms with Crippen LogP contribution >= 0.6 is 0 Å². The fourth-order valence-electron chi connectivity index (χ4n) is 1.47. The highest BCUT2D eigenvalue weighted by molar-refractivity contribution is 5.48. The third kappa shape index (κ3) is 3.25. The molecule has 1 aromatic heterocycles. The molecule has 1 heterocycles. The number of hydrogen-bond acceptors (Lipinski definition) is 5. The Labute approximate surface area is 99.4 Å². The fraction of sp³-hybridized carbons (Fsp3) is 0.364. The van der Waals surface area contributed by atoms with Gasteiger partial charge in [0.1, 0.15) is 12.0 Å². The minimum Gasteiger partial charge on any atom is -0.395 e. The number of aryl methyl sites for hydroxylation is 1. The quantitative estimate of drug-likeness (QED) is 0.458. The zero-order valence-electron chi connectivity index (χ0n) is 9.67. The average Bonchev–Trinajstić information content (AvgIpc) is 2.28. The topological polar surface area (TPSA) is 79.5 Å². The second-order valence-electron chi connectivity index (χ2n) is 3.54. The van der Waals surface area contributed by atoms with E-state index in [9.17, 15) is 10.1 Å². The summed E-state index contributed by atoms with van der Waals surface area (Å²) in [5.74, 6) is 0.599. The van der Waals surface area contributed by atoms with Gasteiger partial charge in [0.05, 0.1) is 11.5 Å². The number of nitrogens with zero attached hydrogens (tertiary/aromatic N) is 3. The average molecular weight is 237 g/mol. The van der Waals surface area contributed by atoms with Crippen LogP contribution in [0.4, 0.5) is 11.5 Å². The third-order valence-corrected chi connectivity index (χ3v) is 2.31. The number of rotatable bonds is 6. The zero-order chi connectivity index (χ0) is 12.8. The van der Waals surface area contributed by atoms with Crippen molar-refractivity contribution in [2.45, 2.75) is 6.92 Å². The number of aliphatic hydroxyl groups excluding tert-OH is 1. The van der Waals surface area contributed by atoms with Gasteiger partial charge in [-0.2, -0.15) is 0 Å². The van der Waals surface area contributed by atoms with Crippen molar-refractivity contribution in [2.24, 2.45) is 0 Å². The van der Waals surface area contributed by atoms with Crippen LogP contribution in [0.1, 0.15) is 5.56 Å². The van der Waals surface area contributed by atoms with E-state index in [-0.39, 0.29) is 12.3 Å². The maximum Gasteiger partial charge on any atom is 0.290 e. The van der Waals surface area contributed by atoms with Gasteiger partial charge in [0.2, 0.25) is 0 Å². The first-order valence-corrected chi connectivity index (χ1v) is 5.18. The molecule has 0 aromatic carbocycles. The number of hydrogen-bond donors (Lipinski definition) is 1. The lowest BCUT2D eigenvalue weighted by atomic mass is 10.2. The van der Waals surface area contributed by atoms with Gasteiger partial charge in [-0.1, -0.05) is 6.08 Å². The zero-order valence-corrected chi connectivity index (χ0v) is 9.67. The highest BCUT2D eigenvalue weighted by Crippen LogP contribution is 2.21. The molecule has 0 aliphatic carbocycles. The first-order chi connectivity index (χ1) is 8.10. The Balaban J connectivity index is 3.01. The van der Waals surface area contributed by atoms with E-state index >= 15 is 0 Å². The van der Waals surface area contributed by atoms with Crippen LogP contribution in [0.3, 0.4) is 0 Å². The number of nitro groups is 1. The van der Waals surface area contributed by atoms with Gasteiger partial charge in [0.15, 0.2) is 0 Å². The van der Waals surface area contributed by atoms with E-state index in [2.05, 4.69) is 11.6 Å². The van der Waals surface area contributed by atoms with Crippen molar-refractivity contribution in [3.8, 4) is 0 Å². The highest BCUT2D eigenvalue weighted by atomic mass is 16.6. The molecule has 0 unspecified atom stereocenters. The molecule has 0 saturated heterocycles. The maximum atomic E-state index is 10.7. The second-order valence-corrected chi connectivity index (χ2v) is 3.54. The van der Waals surface area contributed by atoms with E-state index in [0.717, 1.165) is 0 Å². The molecular weight excluding hydrogens is 222 g/mol. The van der Waals surface area contributed by atoms with E-state index in [1.807, 2.05) is 0 Å². The van der Waals surface area contributed by atoms with Crippen molar-refractivity contribution < 1.29 is 10.0 Å². The number of aliphatic hydroxyl groups is 1. The van der Waals surface area contributed by atoms with Crippen molar-refractivity contribution in [3.63, 3.8) is 0 Å². The largest absolute Gasteiger partial charge is 0.395 e. The molecule has 1 rings (SSSR count). The molecule has 6 nitrogen and oxygen atoms in total. The Bertz CT molecular complexity index is 420. The number of pyridine rings is 1. The first-order valence-electron chi connectivity index (χ1n) is 5.18. The van der Waals surface area contributed by atoms with Gasteiger partial charge in [-0.05, 0) is 13.0 Å². The Morgan fingerprint density at radius 3 is 2.88 bits per heavy atom. The lowest BCUT2D eigenvalue weighted by molar-refractivity contribution is -0.385. The van der Waals surface area contributed by atoms with Crippen LogP contribution in [0.2, 0.25) is 0 Å². The lowest BCUT2D eigenvalue weighted by Gasteiger charge is -2.21. The summed E-state index contributed by atoms with van der Waals surface area (Å²) in [6.45, 7) is 6.22. The minimum absolute atomic E-state index is 0.00342. The van der Waals surface area contributed by atoms with Crippen molar-refractivity contribution >= 4 is 11.5 Å². The van der Waals surface area contributed by atoms with Crippen LogP contribution in [-0.2, 0) is 0 Å². The molecule has 0 aliphatic heterocycles. The molecule has 92 valence electrons. The molecule has 0 amide bonds. The molecule has 0 bridgehead atoms. The molecule has 1 aromatic rings. The van der Waals surface area contributed by atoms with Crippen molar-refractivity contribution in [2.75, 3.05) is 24.6 Å². The molecule has 0 aliphatic rings. The Morgan fingerprint density at radius 1 is 1.71 bits per heavy atom. The molecule has 0 radical (unpaired) electrons. The van der Waals surface area contributed by atoms with Gasteiger partial charge in [0.25, 0.3) is 5.69 Å². The summed E-state index contributed by atoms with van der Waals surface area (Å²) in [5, 5.41) is 19.6. The van der Waals surface area contributed by atoms with Gasteiger partial charge in [-0.15, -0.1) is 6.58 Å². The molecule has 0 saturated carbocycles. The minimum atomic E-state index is -0.462. The second kappa shape index (κ2) is 5.95. The molecular formula is C11H15N3O3. The van der Waals surface area contributed by atoms with Gasteiger partial charge >= 0.3 is 0 Å². The normalized spacial score (nSPS) is 10.0. The van der Waals surface area contributed by atoms with E-state index < -0.39 is 4.92 Å². The third-order valence-electron chi connectivity index (χ3n) is 2.31. The standard InChI is InChI=1S/C11H15N3O3/c1-3-4-13(5-6-15)11-7-9(2)10(8-12-11)14(16)17/h3,7-8,15H,1,4-6H2,2H3. The predicted octanol–water partition coefficient (Wildman–Crippen LogP) is 1.28. The monoisotopic (exact) mass is 237 g/mol. The van der Waals surface area contributed by atoms with Crippen LogP contribution < -0.4 is 4.90 Å². The van der Waals surface area contributed by atoms with E-state index in [1.165, 1.54) is 6.20 Å². The Kier molecular flexibility index (Phi) is 4.59. The molecule has 17 heavy (non-hydrogen) atoms. The number of aromatic nitrogens is 1. The summed E-state index contributed by atoms with van der Waals surface area (Å²) in [5.41, 5.74) is 0.545. The Morgan fingerprint density at radius 2 is 2.41 bits per heavy atom. The fourth-order valence-corrected chi connectivity index (χ4v) is 1.47. The summed E-state index contributed by atoms with van der Waals surface area (Å²) in [7, 11) is 0. The van der Waals surface area contributed by atoms with Gasteiger partial charge in [-0.3, -0.25) is 10.1 Å². The van der Waals surface area contributed by atoms with Crippen molar-refractivity contribution in [3.05, 3.63) is 40.6 Å². The van der Waals surface area contributed by atoms with Gasteiger partial charge in [-0.25, -0.2) is 4.98 Å². The number of anilines is 1. The highest BCUT2D eigenvalue weighted by Gasteiger charge is 2.14. The van der Waals surface area contributed by atoms with E-state index in [4.69, 9.17) is 5.11 Å². The van der Waals surface area contributed by atoms with Gasteiger partial charge in [0, 0.05) is 18.7 Å². The summed E-state index contributed by atoms with van der Waals surface area (Å²) in [6, 6.07) is 1.64. The molecule has 0 spiro atoms. The predicted molar refractivity (Wildman–Crippen MR) is 65.1 cm³/mol. The Hall–Kier alpha value is -1.95. The van der Waals surface area contributed by atoms with Crippen LogP contribution in [0.5, 0.6) is 0 Å². The van der Waals surface area contributed by atoms with E-state index in [0.29, 0.717) is 24.5 Å². The summed E-state index contributed by atoms with van der Waals surface area (Å²) in [4.78, 5) is 16.0. The van der Waals surface area contributed by atoms with Gasteiger partial charge < -0.3 is 10.0 Å². The molecule has 6 heteroatoms. The SMILES string of the molecule is C=CCN(CCO)c1cc(C)c([N+](=O)[O-])cn1. The van der Waals surface area contributed by atoms with Crippen molar-refractivity contribution in [1.82, 2.24) is 4.98 Å². The van der Waals surface area contributed by atoms with Crippen LogP contribution in [0.25, 0.3) is 0 Å².